The van der Waals surface area contributed by atoms with Crippen molar-refractivity contribution >= 4 is 17.3 Å². The number of benzene rings is 1. The smallest absolute Gasteiger partial charge is 0.0407 e. The molecule has 1 heterocycles. The molecule has 2 nitrogen and oxygen atoms in total. The summed E-state index contributed by atoms with van der Waals surface area (Å²) in [5.41, 5.74) is 1.31. The van der Waals surface area contributed by atoms with Gasteiger partial charge in [0.05, 0.1) is 0 Å². The highest BCUT2D eigenvalue weighted by Crippen LogP contribution is 2.30. The van der Waals surface area contributed by atoms with E-state index in [0.29, 0.717) is 0 Å². The zero-order valence-corrected chi connectivity index (χ0v) is 12.4. The van der Waals surface area contributed by atoms with Gasteiger partial charge in [-0.05, 0) is 49.4 Å². The van der Waals surface area contributed by atoms with Gasteiger partial charge in [-0.15, -0.1) is 0 Å². The lowest BCUT2D eigenvalue weighted by Gasteiger charge is -2.39. The molecular weight excluding hydrogens is 256 g/mol. The Hall–Kier alpha value is -0.730. The van der Waals surface area contributed by atoms with Crippen LogP contribution in [0.1, 0.15) is 26.2 Å². The van der Waals surface area contributed by atoms with Gasteiger partial charge in [0.25, 0.3) is 0 Å². The van der Waals surface area contributed by atoms with Crippen LogP contribution in [0.25, 0.3) is 0 Å². The number of rotatable bonds is 2. The van der Waals surface area contributed by atoms with E-state index in [1.54, 1.807) is 0 Å². The average molecular weight is 279 g/mol. The van der Waals surface area contributed by atoms with Gasteiger partial charge >= 0.3 is 0 Å². The van der Waals surface area contributed by atoms with Gasteiger partial charge in [0.2, 0.25) is 0 Å². The van der Waals surface area contributed by atoms with Crippen LogP contribution < -0.4 is 4.90 Å². The van der Waals surface area contributed by atoms with Crippen molar-refractivity contribution in [3.05, 3.63) is 29.3 Å². The molecule has 0 radical (unpaired) electrons. The molecule has 2 aliphatic rings. The number of hydrogen-bond donors (Lipinski definition) is 0. The van der Waals surface area contributed by atoms with E-state index in [4.69, 9.17) is 11.6 Å². The average Bonchev–Trinajstić information content (AvgIpc) is 2.87. The molecule has 0 unspecified atom stereocenters. The highest BCUT2D eigenvalue weighted by molar-refractivity contribution is 6.30. The minimum absolute atomic E-state index is 0.822. The molecule has 0 amide bonds. The van der Waals surface area contributed by atoms with E-state index in [9.17, 15) is 0 Å². The topological polar surface area (TPSA) is 6.48 Å². The van der Waals surface area contributed by atoms with Gasteiger partial charge in [-0.3, -0.25) is 4.90 Å². The minimum atomic E-state index is 0.822. The lowest BCUT2D eigenvalue weighted by atomic mass is 10.1. The van der Waals surface area contributed by atoms with E-state index in [0.717, 1.165) is 30.1 Å². The first-order valence-electron chi connectivity index (χ1n) is 7.47. The molecule has 0 bridgehead atoms. The molecule has 1 aromatic carbocycles. The Balaban J connectivity index is 1.56. The van der Waals surface area contributed by atoms with Crippen molar-refractivity contribution in [2.75, 3.05) is 31.1 Å². The number of halogens is 1. The van der Waals surface area contributed by atoms with Gasteiger partial charge in [0, 0.05) is 42.9 Å². The standard InChI is InChI=1S/C16H23ClN2/c1-13-2-5-16(12-13)19-10-8-18(9-11-19)15-6-3-14(17)4-7-15/h3-4,6-7,13,16H,2,5,8-12H2,1H3/t13-,16-/m0/s1. The van der Waals surface area contributed by atoms with Crippen LogP contribution in [0.15, 0.2) is 24.3 Å². The largest absolute Gasteiger partial charge is 0.369 e. The molecule has 2 atom stereocenters. The summed E-state index contributed by atoms with van der Waals surface area (Å²) in [6, 6.07) is 9.09. The lowest BCUT2D eigenvalue weighted by molar-refractivity contribution is 0.184. The molecule has 1 aliphatic heterocycles. The molecule has 3 heteroatoms. The Bertz CT molecular complexity index is 409. The van der Waals surface area contributed by atoms with Crippen LogP contribution in [0.5, 0.6) is 0 Å². The molecular formula is C16H23ClN2. The second kappa shape index (κ2) is 5.72. The fourth-order valence-electron chi connectivity index (χ4n) is 3.51. The normalized spacial score (nSPS) is 28.8. The number of nitrogens with zero attached hydrogens (tertiary/aromatic N) is 2. The third-order valence-electron chi connectivity index (χ3n) is 4.69. The van der Waals surface area contributed by atoms with Crippen molar-refractivity contribution < 1.29 is 0 Å². The summed E-state index contributed by atoms with van der Waals surface area (Å²) in [5, 5.41) is 0.822. The minimum Gasteiger partial charge on any atom is -0.369 e. The highest BCUT2D eigenvalue weighted by Gasteiger charge is 2.29. The van der Waals surface area contributed by atoms with Crippen LogP contribution in [0.4, 0.5) is 5.69 Å². The Labute approximate surface area is 121 Å². The van der Waals surface area contributed by atoms with E-state index in [1.165, 1.54) is 38.0 Å². The highest BCUT2D eigenvalue weighted by atomic mass is 35.5. The van der Waals surface area contributed by atoms with Crippen LogP contribution in [0.2, 0.25) is 5.02 Å². The van der Waals surface area contributed by atoms with Gasteiger partial charge in [-0.1, -0.05) is 18.5 Å². The van der Waals surface area contributed by atoms with Crippen molar-refractivity contribution in [2.24, 2.45) is 5.92 Å². The van der Waals surface area contributed by atoms with Crippen molar-refractivity contribution in [3.63, 3.8) is 0 Å². The van der Waals surface area contributed by atoms with Crippen LogP contribution in [-0.4, -0.2) is 37.1 Å². The maximum absolute atomic E-state index is 5.95. The second-order valence-corrected chi connectivity index (χ2v) is 6.51. The molecule has 0 N–H and O–H groups in total. The predicted molar refractivity (Wildman–Crippen MR) is 82.0 cm³/mol. The second-order valence-electron chi connectivity index (χ2n) is 6.07. The summed E-state index contributed by atoms with van der Waals surface area (Å²) < 4.78 is 0. The first-order chi connectivity index (χ1) is 9.22. The molecule has 3 rings (SSSR count). The Morgan fingerprint density at radius 3 is 2.26 bits per heavy atom. The first-order valence-corrected chi connectivity index (χ1v) is 7.85. The van der Waals surface area contributed by atoms with Crippen LogP contribution in [0.3, 0.4) is 0 Å². The lowest BCUT2D eigenvalue weighted by Crippen LogP contribution is -2.49. The fraction of sp³-hybridized carbons (Fsp3) is 0.625. The fourth-order valence-corrected chi connectivity index (χ4v) is 3.63. The van der Waals surface area contributed by atoms with Crippen molar-refractivity contribution in [2.45, 2.75) is 32.2 Å². The van der Waals surface area contributed by atoms with Gasteiger partial charge in [-0.2, -0.15) is 0 Å². The molecule has 0 spiro atoms. The zero-order valence-electron chi connectivity index (χ0n) is 11.7. The summed E-state index contributed by atoms with van der Waals surface area (Å²) in [6.07, 6.45) is 4.23. The monoisotopic (exact) mass is 278 g/mol. The van der Waals surface area contributed by atoms with Crippen molar-refractivity contribution in [1.82, 2.24) is 4.90 Å². The van der Waals surface area contributed by atoms with E-state index in [-0.39, 0.29) is 0 Å². The SMILES string of the molecule is C[C@H]1CC[C@H](N2CCN(c3ccc(Cl)cc3)CC2)C1. The Morgan fingerprint density at radius 2 is 1.68 bits per heavy atom. The predicted octanol–water partition coefficient (Wildman–Crippen LogP) is 3.65. The van der Waals surface area contributed by atoms with E-state index < -0.39 is 0 Å². The number of anilines is 1. The quantitative estimate of drug-likeness (QED) is 0.815. The van der Waals surface area contributed by atoms with E-state index in [2.05, 4.69) is 28.9 Å². The summed E-state index contributed by atoms with van der Waals surface area (Å²) in [7, 11) is 0. The van der Waals surface area contributed by atoms with Crippen molar-refractivity contribution in [1.29, 1.82) is 0 Å². The number of piperazine rings is 1. The van der Waals surface area contributed by atoms with Gasteiger partial charge in [0.15, 0.2) is 0 Å². The molecule has 19 heavy (non-hydrogen) atoms. The van der Waals surface area contributed by atoms with Gasteiger partial charge < -0.3 is 4.90 Å². The third kappa shape index (κ3) is 3.06. The zero-order chi connectivity index (χ0) is 13.2. The summed E-state index contributed by atoms with van der Waals surface area (Å²) >= 11 is 5.95. The first kappa shape index (κ1) is 13.3. The summed E-state index contributed by atoms with van der Waals surface area (Å²) in [5.74, 6) is 0.930. The summed E-state index contributed by atoms with van der Waals surface area (Å²) in [4.78, 5) is 5.18. The van der Waals surface area contributed by atoms with Crippen molar-refractivity contribution in [3.8, 4) is 0 Å². The van der Waals surface area contributed by atoms with E-state index in [1.807, 2.05) is 12.1 Å². The molecule has 1 saturated heterocycles. The molecule has 0 aromatic heterocycles. The molecule has 1 aliphatic carbocycles. The molecule has 1 saturated carbocycles. The van der Waals surface area contributed by atoms with Crippen LogP contribution in [-0.2, 0) is 0 Å². The molecule has 1 aromatic rings. The molecule has 2 fully saturated rings. The maximum Gasteiger partial charge on any atom is 0.0407 e. The van der Waals surface area contributed by atoms with E-state index >= 15 is 0 Å². The maximum atomic E-state index is 5.95. The molecule has 104 valence electrons. The van der Waals surface area contributed by atoms with Crippen LogP contribution >= 0.6 is 11.6 Å². The summed E-state index contributed by atoms with van der Waals surface area (Å²) in [6.45, 7) is 7.10. The van der Waals surface area contributed by atoms with Crippen LogP contribution in [0, 0.1) is 5.92 Å². The van der Waals surface area contributed by atoms with Gasteiger partial charge in [0.1, 0.15) is 0 Å². The number of hydrogen-bond acceptors (Lipinski definition) is 2. The Morgan fingerprint density at radius 1 is 1.00 bits per heavy atom. The Kier molecular flexibility index (Phi) is 3.99. The third-order valence-corrected chi connectivity index (χ3v) is 4.94. The van der Waals surface area contributed by atoms with Gasteiger partial charge in [-0.25, -0.2) is 0 Å².